The summed E-state index contributed by atoms with van der Waals surface area (Å²) >= 11 is 0. The SMILES string of the molecule is C=CCc1c(N2CCCCC2)ccc2c1=NC(=O)N=2. The summed E-state index contributed by atoms with van der Waals surface area (Å²) < 4.78 is 0. The average Bonchev–Trinajstić information content (AvgIpc) is 2.81. The number of carbonyl (C=O) groups excluding carboxylic acids is 1. The number of allylic oxidation sites excluding steroid dienone is 1. The van der Waals surface area contributed by atoms with E-state index in [2.05, 4.69) is 27.5 Å². The predicted octanol–water partition coefficient (Wildman–Crippen LogP) is 1.78. The Kier molecular flexibility index (Phi) is 3.15. The van der Waals surface area contributed by atoms with Gasteiger partial charge in [0.05, 0.1) is 5.36 Å². The summed E-state index contributed by atoms with van der Waals surface area (Å²) in [5, 5.41) is 1.44. The van der Waals surface area contributed by atoms with Gasteiger partial charge in [0.2, 0.25) is 0 Å². The van der Waals surface area contributed by atoms with Crippen molar-refractivity contribution in [3.63, 3.8) is 0 Å². The van der Waals surface area contributed by atoms with Crippen LogP contribution in [0, 0.1) is 0 Å². The van der Waals surface area contributed by atoms with E-state index in [1.165, 1.54) is 24.9 Å². The molecule has 0 unspecified atom stereocenters. The predicted molar refractivity (Wildman–Crippen MR) is 74.1 cm³/mol. The standard InChI is InChI=1S/C15H17N3O/c1-2-6-11-13(18-9-4-3-5-10-18)8-7-12-14(11)17-15(19)16-12/h2,7-8H,1,3-6,9-10H2. The van der Waals surface area contributed by atoms with Crippen LogP contribution in [-0.4, -0.2) is 19.1 Å². The number of piperidine rings is 1. The first-order valence-electron chi connectivity index (χ1n) is 6.79. The highest BCUT2D eigenvalue weighted by molar-refractivity contribution is 5.78. The van der Waals surface area contributed by atoms with Gasteiger partial charge >= 0.3 is 6.03 Å². The minimum Gasteiger partial charge on any atom is -0.371 e. The van der Waals surface area contributed by atoms with E-state index in [1.54, 1.807) is 0 Å². The van der Waals surface area contributed by atoms with Gasteiger partial charge in [0.25, 0.3) is 0 Å². The van der Waals surface area contributed by atoms with Gasteiger partial charge in [0.1, 0.15) is 5.36 Å². The van der Waals surface area contributed by atoms with Crippen molar-refractivity contribution in [3.05, 3.63) is 41.1 Å². The first-order valence-corrected chi connectivity index (χ1v) is 6.79. The van der Waals surface area contributed by atoms with Crippen LogP contribution in [0.2, 0.25) is 0 Å². The molecule has 0 aromatic heterocycles. The van der Waals surface area contributed by atoms with Crippen LogP contribution in [0.4, 0.5) is 10.5 Å². The van der Waals surface area contributed by atoms with Crippen LogP contribution in [0.5, 0.6) is 0 Å². The molecule has 4 nitrogen and oxygen atoms in total. The van der Waals surface area contributed by atoms with Gasteiger partial charge in [-0.15, -0.1) is 6.58 Å². The van der Waals surface area contributed by atoms with Crippen LogP contribution in [0.25, 0.3) is 0 Å². The molecule has 2 heterocycles. The zero-order valence-electron chi connectivity index (χ0n) is 10.9. The lowest BCUT2D eigenvalue weighted by Gasteiger charge is -2.30. The van der Waals surface area contributed by atoms with Crippen LogP contribution >= 0.6 is 0 Å². The number of hydrogen-bond acceptors (Lipinski definition) is 2. The van der Waals surface area contributed by atoms with Gasteiger partial charge in [0, 0.05) is 24.3 Å². The number of amides is 2. The lowest BCUT2D eigenvalue weighted by molar-refractivity contribution is 0.256. The Bertz CT molecular complexity index is 642. The summed E-state index contributed by atoms with van der Waals surface area (Å²) in [5.74, 6) is 0. The Balaban J connectivity index is 2.13. The molecule has 0 atom stereocenters. The smallest absolute Gasteiger partial charge is 0.368 e. The number of rotatable bonds is 3. The van der Waals surface area contributed by atoms with Crippen molar-refractivity contribution in [2.24, 2.45) is 9.98 Å². The molecular weight excluding hydrogens is 238 g/mol. The second-order valence-corrected chi connectivity index (χ2v) is 4.98. The number of urea groups is 1. The number of fused-ring (bicyclic) bond motifs is 1. The van der Waals surface area contributed by atoms with Crippen molar-refractivity contribution >= 4 is 11.7 Å². The van der Waals surface area contributed by atoms with Crippen LogP contribution in [0.15, 0.2) is 34.8 Å². The monoisotopic (exact) mass is 255 g/mol. The molecule has 2 aliphatic rings. The number of carbonyl (C=O) groups is 1. The van der Waals surface area contributed by atoms with Crippen molar-refractivity contribution in [3.8, 4) is 0 Å². The zero-order valence-corrected chi connectivity index (χ0v) is 10.9. The maximum absolute atomic E-state index is 11.4. The number of nitrogens with zero attached hydrogens (tertiary/aromatic N) is 3. The Morgan fingerprint density at radius 3 is 2.74 bits per heavy atom. The topological polar surface area (TPSA) is 45.0 Å². The van der Waals surface area contributed by atoms with E-state index in [1.807, 2.05) is 12.1 Å². The Labute approximate surface area is 112 Å². The number of benzene rings is 1. The highest BCUT2D eigenvalue weighted by Gasteiger charge is 2.18. The van der Waals surface area contributed by atoms with Gasteiger partial charge in [0.15, 0.2) is 0 Å². The molecule has 98 valence electrons. The minimum absolute atomic E-state index is 0.392. The third kappa shape index (κ3) is 2.18. The minimum atomic E-state index is -0.392. The molecule has 0 N–H and O–H groups in total. The third-order valence-electron chi connectivity index (χ3n) is 3.71. The van der Waals surface area contributed by atoms with Gasteiger partial charge in [-0.2, -0.15) is 9.98 Å². The maximum atomic E-state index is 11.4. The largest absolute Gasteiger partial charge is 0.371 e. The van der Waals surface area contributed by atoms with E-state index in [0.717, 1.165) is 30.4 Å². The number of hydrogen-bond donors (Lipinski definition) is 0. The van der Waals surface area contributed by atoms with Crippen LogP contribution in [-0.2, 0) is 6.42 Å². The first-order chi connectivity index (χ1) is 9.29. The van der Waals surface area contributed by atoms with Crippen molar-refractivity contribution in [2.75, 3.05) is 18.0 Å². The number of anilines is 1. The summed E-state index contributed by atoms with van der Waals surface area (Å²) in [7, 11) is 0. The fourth-order valence-electron chi connectivity index (χ4n) is 2.83. The van der Waals surface area contributed by atoms with Crippen LogP contribution in [0.1, 0.15) is 24.8 Å². The Morgan fingerprint density at radius 2 is 2.00 bits per heavy atom. The van der Waals surface area contributed by atoms with E-state index >= 15 is 0 Å². The molecule has 4 heteroatoms. The van der Waals surface area contributed by atoms with Gasteiger partial charge < -0.3 is 4.90 Å². The van der Waals surface area contributed by atoms with Gasteiger partial charge in [-0.25, -0.2) is 4.79 Å². The molecule has 3 rings (SSSR count). The highest BCUT2D eigenvalue weighted by Crippen LogP contribution is 2.22. The normalized spacial score (nSPS) is 17.7. The van der Waals surface area contributed by atoms with Crippen LogP contribution in [0.3, 0.4) is 0 Å². The van der Waals surface area contributed by atoms with Crippen LogP contribution < -0.4 is 15.6 Å². The lowest BCUT2D eigenvalue weighted by Crippen LogP contribution is -2.34. The molecule has 1 aromatic carbocycles. The Morgan fingerprint density at radius 1 is 1.21 bits per heavy atom. The fraction of sp³-hybridized carbons (Fsp3) is 0.400. The Hall–Kier alpha value is -1.97. The van der Waals surface area contributed by atoms with Gasteiger partial charge in [-0.05, 0) is 37.8 Å². The second kappa shape index (κ2) is 4.96. The summed E-state index contributed by atoms with van der Waals surface area (Å²) in [4.78, 5) is 21.7. The highest BCUT2D eigenvalue weighted by atomic mass is 16.2. The average molecular weight is 255 g/mol. The molecule has 1 aromatic rings. The van der Waals surface area contributed by atoms with Crippen molar-refractivity contribution in [1.29, 1.82) is 0 Å². The van der Waals surface area contributed by atoms with Crippen molar-refractivity contribution < 1.29 is 4.79 Å². The molecular formula is C15H17N3O. The summed E-state index contributed by atoms with van der Waals surface area (Å²) in [6.45, 7) is 5.97. The molecule has 19 heavy (non-hydrogen) atoms. The lowest BCUT2D eigenvalue weighted by atomic mass is 10.0. The van der Waals surface area contributed by atoms with E-state index in [9.17, 15) is 4.79 Å². The van der Waals surface area contributed by atoms with Gasteiger partial charge in [-0.1, -0.05) is 6.08 Å². The molecule has 0 spiro atoms. The molecule has 2 amide bonds. The first kappa shape index (κ1) is 12.1. The third-order valence-corrected chi connectivity index (χ3v) is 3.71. The molecule has 0 radical (unpaired) electrons. The van der Waals surface area contributed by atoms with Crippen molar-refractivity contribution in [1.82, 2.24) is 0 Å². The molecule has 1 fully saturated rings. The fourth-order valence-corrected chi connectivity index (χ4v) is 2.83. The van der Waals surface area contributed by atoms with E-state index in [0.29, 0.717) is 5.36 Å². The summed E-state index contributed by atoms with van der Waals surface area (Å²) in [5.41, 5.74) is 2.27. The molecule has 0 aliphatic carbocycles. The summed E-state index contributed by atoms with van der Waals surface area (Å²) in [6, 6.07) is 3.58. The molecule has 1 saturated heterocycles. The molecule has 0 bridgehead atoms. The molecule has 0 saturated carbocycles. The zero-order chi connectivity index (χ0) is 13.2. The van der Waals surface area contributed by atoms with Crippen molar-refractivity contribution in [2.45, 2.75) is 25.7 Å². The second-order valence-electron chi connectivity index (χ2n) is 4.98. The van der Waals surface area contributed by atoms with E-state index in [4.69, 9.17) is 0 Å². The maximum Gasteiger partial charge on any atom is 0.368 e. The summed E-state index contributed by atoms with van der Waals surface area (Å²) in [6.07, 6.45) is 6.34. The van der Waals surface area contributed by atoms with Gasteiger partial charge in [-0.3, -0.25) is 0 Å². The quantitative estimate of drug-likeness (QED) is 0.773. The molecule has 2 aliphatic heterocycles. The van der Waals surface area contributed by atoms with E-state index < -0.39 is 6.03 Å². The van der Waals surface area contributed by atoms with E-state index in [-0.39, 0.29) is 0 Å².